The number of hydrogen-bond donors (Lipinski definition) is 1. The number of primary amides is 1. The van der Waals surface area contributed by atoms with Gasteiger partial charge in [-0.1, -0.05) is 0 Å². The maximum Gasteiger partial charge on any atom is 0.270 e. The zero-order valence-corrected chi connectivity index (χ0v) is 5.91. The number of carbonyl (C=O) groups is 1. The Morgan fingerprint density at radius 3 is 3.00 bits per heavy atom. The Morgan fingerprint density at radius 2 is 2.45 bits per heavy atom. The molecule has 11 heavy (non-hydrogen) atoms. The van der Waals surface area contributed by atoms with E-state index in [9.17, 15) is 4.79 Å². The minimum absolute atomic E-state index is 0.299. The summed E-state index contributed by atoms with van der Waals surface area (Å²) in [6, 6.07) is 0. The Bertz CT molecular complexity index is 288. The van der Waals surface area contributed by atoms with E-state index < -0.39 is 5.91 Å². The number of hydrogen-bond acceptors (Lipinski definition) is 3. The van der Waals surface area contributed by atoms with E-state index in [1.807, 2.05) is 0 Å². The van der Waals surface area contributed by atoms with Crippen LogP contribution < -0.4 is 5.73 Å². The van der Waals surface area contributed by atoms with Crippen LogP contribution in [0.15, 0.2) is 10.8 Å². The largest absolute Gasteiger partial charge is 0.447 e. The summed E-state index contributed by atoms with van der Waals surface area (Å²) in [5.41, 5.74) is 5.36. The normalized spacial score (nSPS) is 16.7. The first-order valence-corrected chi connectivity index (χ1v) is 3.52. The number of oxazole rings is 1. The summed E-state index contributed by atoms with van der Waals surface area (Å²) in [5, 5.41) is 0. The van der Waals surface area contributed by atoms with Crippen molar-refractivity contribution in [2.24, 2.45) is 5.73 Å². The molecule has 2 N–H and O–H groups in total. The molecule has 0 atom stereocenters. The van der Waals surface area contributed by atoms with Crippen molar-refractivity contribution in [3.05, 3.63) is 17.8 Å². The molecule has 0 saturated heterocycles. The summed E-state index contributed by atoms with van der Waals surface area (Å²) in [6.07, 6.45) is 3.43. The first-order valence-electron chi connectivity index (χ1n) is 3.52. The highest BCUT2D eigenvalue weighted by Crippen LogP contribution is 2.41. The van der Waals surface area contributed by atoms with Gasteiger partial charge in [0.05, 0.1) is 0 Å². The van der Waals surface area contributed by atoms with Gasteiger partial charge < -0.3 is 10.2 Å². The average molecular weight is 152 g/mol. The van der Waals surface area contributed by atoms with E-state index >= 15 is 0 Å². The van der Waals surface area contributed by atoms with E-state index in [1.54, 1.807) is 0 Å². The molecule has 0 aromatic carbocycles. The SMILES string of the molecule is NC(=O)c1ncoc1C1CC1. The lowest BCUT2D eigenvalue weighted by atomic mass is 10.2. The van der Waals surface area contributed by atoms with Crippen LogP contribution in [0.2, 0.25) is 0 Å². The summed E-state index contributed by atoms with van der Waals surface area (Å²) in [6.45, 7) is 0. The number of aromatic nitrogens is 1. The van der Waals surface area contributed by atoms with Gasteiger partial charge in [-0.15, -0.1) is 0 Å². The highest BCUT2D eigenvalue weighted by atomic mass is 16.3. The third-order valence-electron chi connectivity index (χ3n) is 1.78. The molecule has 0 radical (unpaired) electrons. The molecule has 4 heteroatoms. The topological polar surface area (TPSA) is 69.1 Å². The standard InChI is InChI=1S/C7H8N2O2/c8-7(10)5-6(4-1-2-4)11-3-9-5/h3-4H,1-2H2,(H2,8,10). The van der Waals surface area contributed by atoms with Crippen LogP contribution in [0, 0.1) is 0 Å². The average Bonchev–Trinajstić information content (AvgIpc) is 2.68. The van der Waals surface area contributed by atoms with E-state index in [4.69, 9.17) is 10.2 Å². The summed E-state index contributed by atoms with van der Waals surface area (Å²) >= 11 is 0. The van der Waals surface area contributed by atoms with Crippen molar-refractivity contribution in [3.8, 4) is 0 Å². The van der Waals surface area contributed by atoms with Crippen molar-refractivity contribution in [3.63, 3.8) is 0 Å². The summed E-state index contributed by atoms with van der Waals surface area (Å²) < 4.78 is 5.04. The molecule has 1 amide bonds. The van der Waals surface area contributed by atoms with Crippen molar-refractivity contribution < 1.29 is 9.21 Å². The second-order valence-electron chi connectivity index (χ2n) is 2.70. The lowest BCUT2D eigenvalue weighted by molar-refractivity contribution is 0.0994. The molecule has 2 rings (SSSR count). The van der Waals surface area contributed by atoms with Crippen molar-refractivity contribution in [2.45, 2.75) is 18.8 Å². The van der Waals surface area contributed by atoms with Crippen molar-refractivity contribution in [1.82, 2.24) is 4.98 Å². The van der Waals surface area contributed by atoms with Gasteiger partial charge in [0.25, 0.3) is 5.91 Å². The predicted molar refractivity (Wildman–Crippen MR) is 37.0 cm³/mol. The number of amides is 1. The molecule has 4 nitrogen and oxygen atoms in total. The zero-order valence-electron chi connectivity index (χ0n) is 5.91. The number of nitrogens with two attached hydrogens (primary N) is 1. The summed E-state index contributed by atoms with van der Waals surface area (Å²) in [4.78, 5) is 14.5. The molecule has 0 unspecified atom stereocenters. The summed E-state index contributed by atoms with van der Waals surface area (Å²) in [7, 11) is 0. The van der Waals surface area contributed by atoms with Gasteiger partial charge in [-0.25, -0.2) is 4.98 Å². The second-order valence-corrected chi connectivity index (χ2v) is 2.70. The first-order chi connectivity index (χ1) is 5.29. The fourth-order valence-corrected chi connectivity index (χ4v) is 1.08. The smallest absolute Gasteiger partial charge is 0.270 e. The van der Waals surface area contributed by atoms with Crippen LogP contribution in [0.1, 0.15) is 35.0 Å². The fourth-order valence-electron chi connectivity index (χ4n) is 1.08. The molecule has 1 aromatic heterocycles. The molecule has 1 heterocycles. The van der Waals surface area contributed by atoms with E-state index in [0.29, 0.717) is 17.4 Å². The van der Waals surface area contributed by atoms with Crippen LogP contribution in [0.25, 0.3) is 0 Å². The van der Waals surface area contributed by atoms with Gasteiger partial charge >= 0.3 is 0 Å². The molecule has 0 aliphatic heterocycles. The third-order valence-corrected chi connectivity index (χ3v) is 1.78. The van der Waals surface area contributed by atoms with Crippen LogP contribution in [0.3, 0.4) is 0 Å². The Labute approximate surface area is 63.4 Å². The minimum atomic E-state index is -0.499. The lowest BCUT2D eigenvalue weighted by Gasteiger charge is -1.91. The second kappa shape index (κ2) is 2.08. The van der Waals surface area contributed by atoms with Gasteiger partial charge in [-0.2, -0.15) is 0 Å². The highest BCUT2D eigenvalue weighted by Gasteiger charge is 2.31. The van der Waals surface area contributed by atoms with Crippen molar-refractivity contribution >= 4 is 5.91 Å². The van der Waals surface area contributed by atoms with Gasteiger partial charge in [-0.05, 0) is 12.8 Å². The molecular weight excluding hydrogens is 144 g/mol. The molecular formula is C7H8N2O2. The molecule has 1 fully saturated rings. The van der Waals surface area contributed by atoms with Gasteiger partial charge in [0.15, 0.2) is 12.1 Å². The predicted octanol–water partition coefficient (Wildman–Crippen LogP) is 0.651. The van der Waals surface area contributed by atoms with Gasteiger partial charge in [0.1, 0.15) is 5.76 Å². The van der Waals surface area contributed by atoms with Crippen LogP contribution in [0.4, 0.5) is 0 Å². The fraction of sp³-hybridized carbons (Fsp3) is 0.429. The van der Waals surface area contributed by atoms with Crippen LogP contribution >= 0.6 is 0 Å². The van der Waals surface area contributed by atoms with E-state index in [-0.39, 0.29) is 0 Å². The monoisotopic (exact) mass is 152 g/mol. The first kappa shape index (κ1) is 6.39. The van der Waals surface area contributed by atoms with Gasteiger partial charge in [0, 0.05) is 5.92 Å². The molecule has 1 aromatic rings. The molecule has 1 aliphatic carbocycles. The van der Waals surface area contributed by atoms with Crippen molar-refractivity contribution in [1.29, 1.82) is 0 Å². The van der Waals surface area contributed by atoms with Crippen LogP contribution in [-0.2, 0) is 0 Å². The highest BCUT2D eigenvalue weighted by molar-refractivity contribution is 5.91. The number of nitrogens with zero attached hydrogens (tertiary/aromatic N) is 1. The minimum Gasteiger partial charge on any atom is -0.447 e. The van der Waals surface area contributed by atoms with Crippen molar-refractivity contribution in [2.75, 3.05) is 0 Å². The van der Waals surface area contributed by atoms with Crippen LogP contribution in [-0.4, -0.2) is 10.9 Å². The Kier molecular flexibility index (Phi) is 1.21. The quantitative estimate of drug-likeness (QED) is 0.676. The summed E-state index contributed by atoms with van der Waals surface area (Å²) in [5.74, 6) is 0.554. The Morgan fingerprint density at radius 1 is 1.73 bits per heavy atom. The Hall–Kier alpha value is -1.32. The molecule has 58 valence electrons. The maximum atomic E-state index is 10.7. The van der Waals surface area contributed by atoms with E-state index in [2.05, 4.69) is 4.98 Å². The number of rotatable bonds is 2. The molecule has 1 aliphatic rings. The molecule has 0 bridgehead atoms. The lowest BCUT2D eigenvalue weighted by Crippen LogP contribution is -2.13. The maximum absolute atomic E-state index is 10.7. The number of carbonyl (C=O) groups excluding carboxylic acids is 1. The third kappa shape index (κ3) is 1.00. The molecule has 1 saturated carbocycles. The van der Waals surface area contributed by atoms with Gasteiger partial charge in [0.2, 0.25) is 0 Å². The zero-order chi connectivity index (χ0) is 7.84. The van der Waals surface area contributed by atoms with E-state index in [1.165, 1.54) is 6.39 Å². The molecule has 0 spiro atoms. The Balaban J connectivity index is 2.37. The van der Waals surface area contributed by atoms with E-state index in [0.717, 1.165) is 12.8 Å². The van der Waals surface area contributed by atoms with Crippen LogP contribution in [0.5, 0.6) is 0 Å². The van der Waals surface area contributed by atoms with Gasteiger partial charge in [-0.3, -0.25) is 4.79 Å².